The summed E-state index contributed by atoms with van der Waals surface area (Å²) in [5, 5.41) is 11.7. The lowest BCUT2D eigenvalue weighted by Gasteiger charge is -2.39. The zero-order valence-corrected chi connectivity index (χ0v) is 12.7. The van der Waals surface area contributed by atoms with E-state index in [-0.39, 0.29) is 10.8 Å². The molecule has 115 valence electrons. The Bertz CT molecular complexity index is 479. The van der Waals surface area contributed by atoms with E-state index in [1.165, 1.54) is 6.07 Å². The van der Waals surface area contributed by atoms with E-state index in [1.54, 1.807) is 12.1 Å². The summed E-state index contributed by atoms with van der Waals surface area (Å²) in [6, 6.07) is 5.17. The zero-order chi connectivity index (χ0) is 14.7. The Morgan fingerprint density at radius 2 is 2.14 bits per heavy atom. The van der Waals surface area contributed by atoms with Crippen molar-refractivity contribution in [1.29, 1.82) is 0 Å². The molecule has 2 heterocycles. The summed E-state index contributed by atoms with van der Waals surface area (Å²) in [6.07, 6.45) is 2.31. The monoisotopic (exact) mass is 311 g/mol. The molecule has 2 N–H and O–H groups in total. The highest BCUT2D eigenvalue weighted by atomic mass is 35.5. The Balaban J connectivity index is 1.59. The van der Waals surface area contributed by atoms with Gasteiger partial charge in [0.25, 0.3) is 0 Å². The molecule has 0 aliphatic carbocycles. The van der Waals surface area contributed by atoms with Crippen LogP contribution in [-0.2, 0) is 0 Å². The van der Waals surface area contributed by atoms with Gasteiger partial charge >= 0.3 is 0 Å². The quantitative estimate of drug-likeness (QED) is 0.896. The summed E-state index contributed by atoms with van der Waals surface area (Å²) >= 11 is 5.83. The summed E-state index contributed by atoms with van der Waals surface area (Å²) in [5.41, 5.74) is 0.882. The zero-order valence-electron chi connectivity index (χ0n) is 12.0. The Kier molecular flexibility index (Phi) is 4.95. The van der Waals surface area contributed by atoms with E-state index in [9.17, 15) is 4.39 Å². The lowest BCUT2D eigenvalue weighted by Crippen LogP contribution is -2.55. The van der Waals surface area contributed by atoms with Gasteiger partial charge in [-0.1, -0.05) is 11.6 Å². The largest absolute Gasteiger partial charge is 0.382 e. The smallest absolute Gasteiger partial charge is 0.141 e. The van der Waals surface area contributed by atoms with E-state index in [1.807, 2.05) is 0 Å². The lowest BCUT2D eigenvalue weighted by atomic mass is 10.0. The average Bonchev–Trinajstić information content (AvgIpc) is 2.52. The van der Waals surface area contributed by atoms with Gasteiger partial charge in [-0.25, -0.2) is 9.71 Å². The number of anilines is 1. The van der Waals surface area contributed by atoms with Gasteiger partial charge in [0.15, 0.2) is 0 Å². The Morgan fingerprint density at radius 3 is 2.90 bits per heavy atom. The van der Waals surface area contributed by atoms with E-state index < -0.39 is 0 Å². The van der Waals surface area contributed by atoms with Crippen LogP contribution in [0.5, 0.6) is 0 Å². The fourth-order valence-electron chi connectivity index (χ4n) is 3.02. The van der Waals surface area contributed by atoms with Gasteiger partial charge in [-0.2, -0.15) is 0 Å². The van der Waals surface area contributed by atoms with Crippen LogP contribution in [0.25, 0.3) is 0 Å². The molecule has 0 aromatic heterocycles. The van der Waals surface area contributed by atoms with Crippen molar-refractivity contribution >= 4 is 17.3 Å². The van der Waals surface area contributed by atoms with Crippen molar-refractivity contribution in [1.82, 2.24) is 15.5 Å². The van der Waals surface area contributed by atoms with Gasteiger partial charge in [0, 0.05) is 44.5 Å². The molecule has 0 saturated carbocycles. The first-order chi connectivity index (χ1) is 10.2. The number of hydrogen-bond acceptors (Lipinski definition) is 3. The SMILES string of the molecule is Fc1ccc(NC2CC[N]C(N3CCNCC3)C2)cc1Cl. The normalized spacial score (nSPS) is 27.5. The van der Waals surface area contributed by atoms with Crippen LogP contribution in [0.15, 0.2) is 18.2 Å². The van der Waals surface area contributed by atoms with Crippen LogP contribution in [0.4, 0.5) is 10.1 Å². The minimum Gasteiger partial charge on any atom is -0.382 e. The number of piperazine rings is 1. The summed E-state index contributed by atoms with van der Waals surface area (Å²) in [6.45, 7) is 5.07. The van der Waals surface area contributed by atoms with Gasteiger partial charge in [0.05, 0.1) is 11.2 Å². The highest BCUT2D eigenvalue weighted by molar-refractivity contribution is 6.31. The molecule has 2 fully saturated rings. The molecule has 3 rings (SSSR count). The van der Waals surface area contributed by atoms with Crippen LogP contribution in [0.3, 0.4) is 0 Å². The van der Waals surface area contributed by atoms with Crippen molar-refractivity contribution in [2.24, 2.45) is 0 Å². The molecule has 2 aliphatic rings. The number of nitrogens with one attached hydrogen (secondary N) is 2. The van der Waals surface area contributed by atoms with Crippen molar-refractivity contribution in [2.75, 3.05) is 38.0 Å². The third kappa shape index (κ3) is 3.86. The molecule has 6 heteroatoms. The molecule has 1 aromatic rings. The van der Waals surface area contributed by atoms with Crippen molar-refractivity contribution in [3.05, 3.63) is 29.0 Å². The van der Waals surface area contributed by atoms with Crippen LogP contribution >= 0.6 is 11.6 Å². The Hall–Kier alpha value is -0.880. The second kappa shape index (κ2) is 6.92. The maximum atomic E-state index is 13.2. The fourth-order valence-corrected chi connectivity index (χ4v) is 3.20. The predicted molar refractivity (Wildman–Crippen MR) is 83.3 cm³/mol. The van der Waals surface area contributed by atoms with Gasteiger partial charge in [-0.15, -0.1) is 0 Å². The summed E-state index contributed by atoms with van der Waals surface area (Å²) in [7, 11) is 0. The van der Waals surface area contributed by atoms with E-state index in [0.717, 1.165) is 51.3 Å². The van der Waals surface area contributed by atoms with Gasteiger partial charge < -0.3 is 10.6 Å². The maximum Gasteiger partial charge on any atom is 0.141 e. The second-order valence-corrected chi connectivity index (χ2v) is 6.07. The molecular formula is C15H21ClFN4. The molecule has 2 aliphatic heterocycles. The molecule has 2 unspecified atom stereocenters. The van der Waals surface area contributed by atoms with Crippen molar-refractivity contribution < 1.29 is 4.39 Å². The molecule has 2 saturated heterocycles. The lowest BCUT2D eigenvalue weighted by molar-refractivity contribution is 0.114. The molecule has 0 bridgehead atoms. The first kappa shape index (κ1) is 15.0. The molecule has 1 radical (unpaired) electrons. The fraction of sp³-hybridized carbons (Fsp3) is 0.600. The average molecular weight is 312 g/mol. The molecule has 0 amide bonds. The molecule has 0 spiro atoms. The topological polar surface area (TPSA) is 41.4 Å². The van der Waals surface area contributed by atoms with E-state index >= 15 is 0 Å². The van der Waals surface area contributed by atoms with Gasteiger partial charge in [-0.05, 0) is 31.0 Å². The number of hydrogen-bond donors (Lipinski definition) is 2. The van der Waals surface area contributed by atoms with Crippen molar-refractivity contribution in [2.45, 2.75) is 25.0 Å². The highest BCUT2D eigenvalue weighted by Crippen LogP contribution is 2.23. The molecule has 2 atom stereocenters. The minimum absolute atomic E-state index is 0.166. The summed E-state index contributed by atoms with van der Waals surface area (Å²) < 4.78 is 13.2. The third-order valence-corrected chi connectivity index (χ3v) is 4.47. The number of rotatable bonds is 3. The Morgan fingerprint density at radius 1 is 1.33 bits per heavy atom. The van der Waals surface area contributed by atoms with E-state index in [0.29, 0.717) is 12.2 Å². The van der Waals surface area contributed by atoms with E-state index in [4.69, 9.17) is 16.9 Å². The van der Waals surface area contributed by atoms with Gasteiger partial charge in [-0.3, -0.25) is 4.90 Å². The van der Waals surface area contributed by atoms with Crippen LogP contribution in [-0.4, -0.2) is 49.8 Å². The molecule has 21 heavy (non-hydrogen) atoms. The number of benzene rings is 1. The minimum atomic E-state index is -0.375. The molecule has 1 aromatic carbocycles. The Labute approximate surface area is 130 Å². The number of nitrogens with zero attached hydrogens (tertiary/aromatic N) is 2. The summed E-state index contributed by atoms with van der Waals surface area (Å²) in [5.74, 6) is -0.375. The highest BCUT2D eigenvalue weighted by Gasteiger charge is 2.28. The number of halogens is 2. The second-order valence-electron chi connectivity index (χ2n) is 5.67. The number of piperidine rings is 1. The maximum absolute atomic E-state index is 13.2. The van der Waals surface area contributed by atoms with Crippen molar-refractivity contribution in [3.63, 3.8) is 0 Å². The standard InChI is InChI=1S/C15H21ClFN4/c16-13-9-11(1-2-14(13)17)20-12-3-4-19-15(10-12)21-7-5-18-6-8-21/h1-2,9,12,15,18,20H,3-8,10H2. The van der Waals surface area contributed by atoms with Crippen molar-refractivity contribution in [3.8, 4) is 0 Å². The van der Waals surface area contributed by atoms with Crippen LogP contribution in [0, 0.1) is 5.82 Å². The third-order valence-electron chi connectivity index (χ3n) is 4.18. The molecular weight excluding hydrogens is 291 g/mol. The van der Waals surface area contributed by atoms with E-state index in [2.05, 4.69) is 15.5 Å². The van der Waals surface area contributed by atoms with Crippen LogP contribution < -0.4 is 16.0 Å². The first-order valence-electron chi connectivity index (χ1n) is 7.55. The first-order valence-corrected chi connectivity index (χ1v) is 7.93. The van der Waals surface area contributed by atoms with Crippen LogP contribution in [0.2, 0.25) is 5.02 Å². The summed E-state index contributed by atoms with van der Waals surface area (Å²) in [4.78, 5) is 2.45. The van der Waals surface area contributed by atoms with Crippen LogP contribution in [0.1, 0.15) is 12.8 Å². The molecule has 4 nitrogen and oxygen atoms in total. The predicted octanol–water partition coefficient (Wildman–Crippen LogP) is 1.89. The van der Waals surface area contributed by atoms with Gasteiger partial charge in [0.1, 0.15) is 5.82 Å². The van der Waals surface area contributed by atoms with Gasteiger partial charge in [0.2, 0.25) is 0 Å².